The molecule has 1 aliphatic rings. The number of aliphatic hydroxyl groups is 1. The predicted octanol–water partition coefficient (Wildman–Crippen LogP) is 1.26. The lowest BCUT2D eigenvalue weighted by molar-refractivity contribution is 0.0288. The average molecular weight is 201 g/mol. The standard InChI is InChI=1S/C11H23NO2/c1-12(8-5-9-14-2)10-6-3-4-7-11(10)13/h10-11,13H,3-9H2,1-2H3. The van der Waals surface area contributed by atoms with E-state index in [1.807, 2.05) is 0 Å². The zero-order chi connectivity index (χ0) is 10.4. The van der Waals surface area contributed by atoms with Crippen LogP contribution in [-0.4, -0.2) is 49.5 Å². The van der Waals surface area contributed by atoms with Gasteiger partial charge >= 0.3 is 0 Å². The number of methoxy groups -OCH3 is 1. The van der Waals surface area contributed by atoms with Crippen LogP contribution in [0.4, 0.5) is 0 Å². The number of likely N-dealkylation sites (N-methyl/N-ethyl adjacent to an activating group) is 1. The minimum atomic E-state index is -0.115. The van der Waals surface area contributed by atoms with Gasteiger partial charge in [0.1, 0.15) is 0 Å². The van der Waals surface area contributed by atoms with Gasteiger partial charge in [-0.15, -0.1) is 0 Å². The lowest BCUT2D eigenvalue weighted by atomic mass is 9.91. The summed E-state index contributed by atoms with van der Waals surface area (Å²) in [4.78, 5) is 2.28. The van der Waals surface area contributed by atoms with Crippen molar-refractivity contribution in [2.75, 3.05) is 27.3 Å². The van der Waals surface area contributed by atoms with Crippen molar-refractivity contribution in [3.63, 3.8) is 0 Å². The van der Waals surface area contributed by atoms with Gasteiger partial charge in [-0.25, -0.2) is 0 Å². The van der Waals surface area contributed by atoms with Crippen molar-refractivity contribution in [1.29, 1.82) is 0 Å². The normalized spacial score (nSPS) is 28.3. The van der Waals surface area contributed by atoms with Crippen molar-refractivity contribution in [2.45, 2.75) is 44.2 Å². The number of hydrogen-bond acceptors (Lipinski definition) is 3. The van der Waals surface area contributed by atoms with Crippen LogP contribution in [0.15, 0.2) is 0 Å². The van der Waals surface area contributed by atoms with Crippen LogP contribution in [0.1, 0.15) is 32.1 Å². The summed E-state index contributed by atoms with van der Waals surface area (Å²) in [5.74, 6) is 0. The molecule has 0 amide bonds. The molecule has 0 radical (unpaired) electrons. The highest BCUT2D eigenvalue weighted by atomic mass is 16.5. The Morgan fingerprint density at radius 3 is 2.71 bits per heavy atom. The van der Waals surface area contributed by atoms with Crippen molar-refractivity contribution in [3.05, 3.63) is 0 Å². The highest BCUT2D eigenvalue weighted by Gasteiger charge is 2.25. The molecule has 2 unspecified atom stereocenters. The summed E-state index contributed by atoms with van der Waals surface area (Å²) < 4.78 is 5.02. The van der Waals surface area contributed by atoms with Crippen molar-refractivity contribution >= 4 is 0 Å². The summed E-state index contributed by atoms with van der Waals surface area (Å²) in [6.07, 6.45) is 5.50. The molecule has 1 rings (SSSR count). The smallest absolute Gasteiger partial charge is 0.0695 e. The van der Waals surface area contributed by atoms with E-state index in [1.54, 1.807) is 7.11 Å². The van der Waals surface area contributed by atoms with Crippen molar-refractivity contribution in [3.8, 4) is 0 Å². The topological polar surface area (TPSA) is 32.7 Å². The average Bonchev–Trinajstić information content (AvgIpc) is 2.18. The summed E-state index contributed by atoms with van der Waals surface area (Å²) >= 11 is 0. The van der Waals surface area contributed by atoms with E-state index in [9.17, 15) is 5.11 Å². The van der Waals surface area contributed by atoms with Crippen LogP contribution in [-0.2, 0) is 4.74 Å². The molecule has 14 heavy (non-hydrogen) atoms. The molecule has 0 aromatic heterocycles. The van der Waals surface area contributed by atoms with Gasteiger partial charge in [0.05, 0.1) is 6.10 Å². The number of ether oxygens (including phenoxy) is 1. The van der Waals surface area contributed by atoms with Crippen molar-refractivity contribution < 1.29 is 9.84 Å². The largest absolute Gasteiger partial charge is 0.391 e. The molecule has 1 saturated carbocycles. The Hall–Kier alpha value is -0.120. The summed E-state index contributed by atoms with van der Waals surface area (Å²) in [5, 5.41) is 9.82. The van der Waals surface area contributed by atoms with Gasteiger partial charge < -0.3 is 14.7 Å². The van der Waals surface area contributed by atoms with Crippen LogP contribution in [0, 0.1) is 0 Å². The van der Waals surface area contributed by atoms with Crippen LogP contribution in [0.5, 0.6) is 0 Å². The Balaban J connectivity index is 2.23. The molecule has 0 aliphatic heterocycles. The maximum atomic E-state index is 9.82. The third-order valence-electron chi connectivity index (χ3n) is 3.12. The zero-order valence-electron chi connectivity index (χ0n) is 9.41. The lowest BCUT2D eigenvalue weighted by Gasteiger charge is -2.35. The Labute approximate surface area is 87.1 Å². The van der Waals surface area contributed by atoms with E-state index >= 15 is 0 Å². The van der Waals surface area contributed by atoms with Crippen molar-refractivity contribution in [1.82, 2.24) is 4.90 Å². The van der Waals surface area contributed by atoms with E-state index in [2.05, 4.69) is 11.9 Å². The first-order valence-corrected chi connectivity index (χ1v) is 5.63. The minimum absolute atomic E-state index is 0.115. The van der Waals surface area contributed by atoms with Gasteiger partial charge in [-0.1, -0.05) is 12.8 Å². The number of aliphatic hydroxyl groups excluding tert-OH is 1. The van der Waals surface area contributed by atoms with Crippen LogP contribution in [0.25, 0.3) is 0 Å². The van der Waals surface area contributed by atoms with Crippen LogP contribution < -0.4 is 0 Å². The number of rotatable bonds is 5. The molecule has 3 nitrogen and oxygen atoms in total. The molecular formula is C11H23NO2. The van der Waals surface area contributed by atoms with Crippen LogP contribution in [0.3, 0.4) is 0 Å². The Bertz CT molecular complexity index is 152. The summed E-state index contributed by atoms with van der Waals surface area (Å²) in [6, 6.07) is 0.376. The fraction of sp³-hybridized carbons (Fsp3) is 1.00. The van der Waals surface area contributed by atoms with E-state index in [4.69, 9.17) is 4.74 Å². The van der Waals surface area contributed by atoms with E-state index in [0.29, 0.717) is 6.04 Å². The molecule has 1 fully saturated rings. The second-order valence-electron chi connectivity index (χ2n) is 4.25. The molecule has 0 bridgehead atoms. The third kappa shape index (κ3) is 3.56. The van der Waals surface area contributed by atoms with E-state index < -0.39 is 0 Å². The Morgan fingerprint density at radius 2 is 2.07 bits per heavy atom. The SMILES string of the molecule is COCCCN(C)C1CCCCC1O. The quantitative estimate of drug-likeness (QED) is 0.680. The summed E-state index contributed by atoms with van der Waals surface area (Å²) in [6.45, 7) is 1.84. The highest BCUT2D eigenvalue weighted by Crippen LogP contribution is 2.22. The van der Waals surface area contributed by atoms with Gasteiger partial charge in [0.15, 0.2) is 0 Å². The number of nitrogens with zero attached hydrogens (tertiary/aromatic N) is 1. The molecule has 2 atom stereocenters. The van der Waals surface area contributed by atoms with E-state index in [-0.39, 0.29) is 6.10 Å². The van der Waals surface area contributed by atoms with Gasteiger partial charge in [-0.05, 0) is 26.3 Å². The highest BCUT2D eigenvalue weighted by molar-refractivity contribution is 4.81. The molecule has 1 N–H and O–H groups in total. The Morgan fingerprint density at radius 1 is 1.36 bits per heavy atom. The summed E-state index contributed by atoms with van der Waals surface area (Å²) in [7, 11) is 3.84. The molecule has 1 aliphatic carbocycles. The first-order valence-electron chi connectivity index (χ1n) is 5.63. The fourth-order valence-electron chi connectivity index (χ4n) is 2.23. The molecule has 0 aromatic carbocycles. The zero-order valence-corrected chi connectivity index (χ0v) is 9.41. The molecule has 0 heterocycles. The van der Waals surface area contributed by atoms with Crippen LogP contribution >= 0.6 is 0 Å². The molecule has 0 spiro atoms. The monoisotopic (exact) mass is 201 g/mol. The van der Waals surface area contributed by atoms with Gasteiger partial charge in [0, 0.05) is 26.3 Å². The minimum Gasteiger partial charge on any atom is -0.391 e. The first kappa shape index (κ1) is 12.0. The second-order valence-corrected chi connectivity index (χ2v) is 4.25. The summed E-state index contributed by atoms with van der Waals surface area (Å²) in [5.41, 5.74) is 0. The predicted molar refractivity (Wildman–Crippen MR) is 57.4 cm³/mol. The van der Waals surface area contributed by atoms with E-state index in [1.165, 1.54) is 12.8 Å². The fourth-order valence-corrected chi connectivity index (χ4v) is 2.23. The van der Waals surface area contributed by atoms with Crippen LogP contribution in [0.2, 0.25) is 0 Å². The molecule has 0 saturated heterocycles. The van der Waals surface area contributed by atoms with Gasteiger partial charge in [0.2, 0.25) is 0 Å². The van der Waals surface area contributed by atoms with Gasteiger partial charge in [-0.2, -0.15) is 0 Å². The molecule has 0 aromatic rings. The second kappa shape index (κ2) is 6.38. The maximum Gasteiger partial charge on any atom is 0.0695 e. The maximum absolute atomic E-state index is 9.82. The molecular weight excluding hydrogens is 178 g/mol. The van der Waals surface area contributed by atoms with Gasteiger partial charge in [-0.3, -0.25) is 0 Å². The van der Waals surface area contributed by atoms with E-state index in [0.717, 1.165) is 32.4 Å². The van der Waals surface area contributed by atoms with Gasteiger partial charge in [0.25, 0.3) is 0 Å². The first-order chi connectivity index (χ1) is 6.75. The third-order valence-corrected chi connectivity index (χ3v) is 3.12. The lowest BCUT2D eigenvalue weighted by Crippen LogP contribution is -2.43. The number of hydrogen-bond donors (Lipinski definition) is 1. The van der Waals surface area contributed by atoms with Crippen molar-refractivity contribution in [2.24, 2.45) is 0 Å². The molecule has 84 valence electrons. The molecule has 3 heteroatoms. The Kier molecular flexibility index (Phi) is 5.45.